The lowest BCUT2D eigenvalue weighted by Gasteiger charge is -2.30. The number of sulfonamides is 1. The number of rotatable bonds is 10. The fourth-order valence-corrected chi connectivity index (χ4v) is 6.12. The number of hydrogen-bond donors (Lipinski definition) is 0. The van der Waals surface area contributed by atoms with Crippen molar-refractivity contribution in [2.45, 2.75) is 58.1 Å². The summed E-state index contributed by atoms with van der Waals surface area (Å²) in [5.74, 6) is -0.644. The van der Waals surface area contributed by atoms with Gasteiger partial charge in [0.15, 0.2) is 0 Å². The van der Waals surface area contributed by atoms with Gasteiger partial charge in [-0.25, -0.2) is 12.8 Å². The Hall–Kier alpha value is -2.55. The maximum absolute atomic E-state index is 13.5. The van der Waals surface area contributed by atoms with Crippen molar-refractivity contribution in [1.29, 1.82) is 0 Å². The zero-order chi connectivity index (χ0) is 24.9. The minimum atomic E-state index is -3.87. The van der Waals surface area contributed by atoms with Crippen LogP contribution in [0.3, 0.4) is 0 Å². The molecule has 0 saturated carbocycles. The van der Waals surface area contributed by atoms with Crippen molar-refractivity contribution in [3.8, 4) is 0 Å². The normalized spacial score (nSPS) is 12.6. The molecular weight excluding hydrogens is 471 g/mol. The Morgan fingerprint density at radius 1 is 0.971 bits per heavy atom. The lowest BCUT2D eigenvalue weighted by Crippen LogP contribution is -2.46. The van der Waals surface area contributed by atoms with E-state index < -0.39 is 10.0 Å². The highest BCUT2D eigenvalue weighted by Gasteiger charge is 2.32. The smallest absolute Gasteiger partial charge is 0.243 e. The van der Waals surface area contributed by atoms with Crippen molar-refractivity contribution in [1.82, 2.24) is 9.21 Å². The summed E-state index contributed by atoms with van der Waals surface area (Å²) in [5, 5.41) is 0. The molecule has 0 radical (unpaired) electrons. The molecule has 0 spiro atoms. The van der Waals surface area contributed by atoms with Crippen LogP contribution in [0.25, 0.3) is 0 Å². The fraction of sp³-hybridized carbons (Fsp3) is 0.346. The van der Waals surface area contributed by atoms with Gasteiger partial charge in [0.05, 0.1) is 18.0 Å². The van der Waals surface area contributed by atoms with E-state index in [0.29, 0.717) is 13.0 Å². The van der Waals surface area contributed by atoms with E-state index in [2.05, 4.69) is 0 Å². The topological polar surface area (TPSA) is 57.7 Å². The number of benzene rings is 2. The Bertz CT molecular complexity index is 1210. The Kier molecular flexibility index (Phi) is 8.62. The van der Waals surface area contributed by atoms with Crippen molar-refractivity contribution in [2.24, 2.45) is 0 Å². The first-order valence-electron chi connectivity index (χ1n) is 11.3. The number of thiophene rings is 1. The third-order valence-corrected chi connectivity index (χ3v) is 8.74. The van der Waals surface area contributed by atoms with Gasteiger partial charge in [0.25, 0.3) is 0 Å². The summed E-state index contributed by atoms with van der Waals surface area (Å²) in [4.78, 5) is 17.5. The molecule has 34 heavy (non-hydrogen) atoms. The van der Waals surface area contributed by atoms with Gasteiger partial charge >= 0.3 is 0 Å². The SMILES string of the molecule is CCC(C)N(CC(=O)N(Cc1ccc(F)cc1)Cc1ccc(C)s1)S(=O)(=O)c1ccc(C)cc1. The molecule has 5 nitrogen and oxygen atoms in total. The summed E-state index contributed by atoms with van der Waals surface area (Å²) in [6.07, 6.45) is 0.570. The van der Waals surface area contributed by atoms with Gasteiger partial charge in [0.2, 0.25) is 15.9 Å². The molecule has 1 aromatic heterocycles. The summed E-state index contributed by atoms with van der Waals surface area (Å²) < 4.78 is 41.6. The van der Waals surface area contributed by atoms with Crippen molar-refractivity contribution in [2.75, 3.05) is 6.54 Å². The molecule has 0 saturated heterocycles. The highest BCUT2D eigenvalue weighted by atomic mass is 32.2. The van der Waals surface area contributed by atoms with Crippen molar-refractivity contribution >= 4 is 27.3 Å². The Morgan fingerprint density at radius 2 is 1.62 bits per heavy atom. The van der Waals surface area contributed by atoms with Gasteiger partial charge in [-0.3, -0.25) is 4.79 Å². The van der Waals surface area contributed by atoms with Crippen LogP contribution < -0.4 is 0 Å². The van der Waals surface area contributed by atoms with Crippen molar-refractivity contribution in [3.63, 3.8) is 0 Å². The second-order valence-electron chi connectivity index (χ2n) is 8.51. The van der Waals surface area contributed by atoms with Crippen molar-refractivity contribution < 1.29 is 17.6 Å². The third-order valence-electron chi connectivity index (χ3n) is 5.78. The molecule has 0 aliphatic carbocycles. The van der Waals surface area contributed by atoms with E-state index >= 15 is 0 Å². The summed E-state index contributed by atoms with van der Waals surface area (Å²) in [5.41, 5.74) is 1.74. The summed E-state index contributed by atoms with van der Waals surface area (Å²) in [6.45, 7) is 7.95. The van der Waals surface area contributed by atoms with Gasteiger partial charge in [0, 0.05) is 22.3 Å². The van der Waals surface area contributed by atoms with Gasteiger partial charge in [-0.1, -0.05) is 36.8 Å². The molecule has 2 aromatic carbocycles. The second kappa shape index (κ2) is 11.3. The lowest BCUT2D eigenvalue weighted by atomic mass is 10.2. The van der Waals surface area contributed by atoms with Gasteiger partial charge in [-0.05, 0) is 69.2 Å². The predicted octanol–water partition coefficient (Wildman–Crippen LogP) is 5.52. The number of carbonyl (C=O) groups is 1. The van der Waals surface area contributed by atoms with E-state index in [1.54, 1.807) is 52.6 Å². The minimum absolute atomic E-state index is 0.171. The third kappa shape index (κ3) is 6.52. The molecule has 1 heterocycles. The molecule has 182 valence electrons. The van der Waals surface area contributed by atoms with E-state index in [4.69, 9.17) is 0 Å². The fourth-order valence-electron chi connectivity index (χ4n) is 3.56. The molecule has 0 bridgehead atoms. The molecule has 1 amide bonds. The first kappa shape index (κ1) is 26.1. The summed E-state index contributed by atoms with van der Waals surface area (Å²) in [6, 6.07) is 16.3. The van der Waals surface area contributed by atoms with Gasteiger partial charge < -0.3 is 4.90 Å². The Balaban J connectivity index is 1.90. The Morgan fingerprint density at radius 3 is 2.18 bits per heavy atom. The van der Waals surface area contributed by atoms with Crippen LogP contribution >= 0.6 is 11.3 Å². The molecule has 0 aliphatic rings. The average molecular weight is 503 g/mol. The highest BCUT2D eigenvalue weighted by molar-refractivity contribution is 7.89. The Labute approximate surface area is 205 Å². The van der Waals surface area contributed by atoms with Crippen LogP contribution in [0.4, 0.5) is 4.39 Å². The minimum Gasteiger partial charge on any atom is -0.332 e. The molecule has 3 rings (SSSR count). The van der Waals surface area contributed by atoms with Crippen LogP contribution in [-0.4, -0.2) is 36.1 Å². The number of halogens is 1. The molecule has 0 N–H and O–H groups in total. The van der Waals surface area contributed by atoms with Gasteiger partial charge in [0.1, 0.15) is 5.82 Å². The standard InChI is InChI=1S/C26H31FN2O3S2/c1-5-20(3)29(34(31,32)25-14-6-19(2)7-15-25)18-26(30)28(17-24-13-8-21(4)33-24)16-22-9-11-23(27)12-10-22/h6-15,20H,5,16-18H2,1-4H3. The number of carbonyl (C=O) groups excluding carboxylic acids is 1. The van der Waals surface area contributed by atoms with Crippen molar-refractivity contribution in [3.05, 3.63) is 87.4 Å². The quantitative estimate of drug-likeness (QED) is 0.367. The molecule has 0 aliphatic heterocycles. The largest absolute Gasteiger partial charge is 0.332 e. The zero-order valence-corrected chi connectivity index (χ0v) is 21.6. The summed E-state index contributed by atoms with van der Waals surface area (Å²) in [7, 11) is -3.87. The summed E-state index contributed by atoms with van der Waals surface area (Å²) >= 11 is 1.59. The molecular formula is C26H31FN2O3S2. The number of hydrogen-bond acceptors (Lipinski definition) is 4. The number of aryl methyl sites for hydroxylation is 2. The lowest BCUT2D eigenvalue weighted by molar-refractivity contribution is -0.133. The van der Waals surface area contributed by atoms with E-state index in [9.17, 15) is 17.6 Å². The maximum Gasteiger partial charge on any atom is 0.243 e. The monoisotopic (exact) mass is 502 g/mol. The van der Waals surface area contributed by atoms with E-state index in [1.807, 2.05) is 39.8 Å². The van der Waals surface area contributed by atoms with E-state index in [1.165, 1.54) is 16.4 Å². The maximum atomic E-state index is 13.5. The van der Waals surface area contributed by atoms with Gasteiger partial charge in [-0.15, -0.1) is 11.3 Å². The van der Waals surface area contributed by atoms with Crippen LogP contribution in [0.5, 0.6) is 0 Å². The van der Waals surface area contributed by atoms with Crippen LogP contribution in [0, 0.1) is 19.7 Å². The van der Waals surface area contributed by atoms with Crippen LogP contribution in [0.2, 0.25) is 0 Å². The number of amides is 1. The molecule has 1 unspecified atom stereocenters. The van der Waals surface area contributed by atoms with Gasteiger partial charge in [-0.2, -0.15) is 4.31 Å². The highest BCUT2D eigenvalue weighted by Crippen LogP contribution is 2.23. The predicted molar refractivity (Wildman–Crippen MR) is 135 cm³/mol. The zero-order valence-electron chi connectivity index (χ0n) is 20.0. The molecule has 0 fully saturated rings. The second-order valence-corrected chi connectivity index (χ2v) is 11.8. The molecule has 3 aromatic rings. The number of nitrogens with zero attached hydrogens (tertiary/aromatic N) is 2. The van der Waals surface area contributed by atoms with E-state index in [0.717, 1.165) is 20.9 Å². The van der Waals surface area contributed by atoms with Crippen LogP contribution in [-0.2, 0) is 27.9 Å². The van der Waals surface area contributed by atoms with E-state index in [-0.39, 0.29) is 35.8 Å². The molecule has 8 heteroatoms. The van der Waals surface area contributed by atoms with Crippen LogP contribution in [0.15, 0.2) is 65.6 Å². The molecule has 1 atom stereocenters. The first-order valence-corrected chi connectivity index (χ1v) is 13.5. The van der Waals surface area contributed by atoms with Crippen LogP contribution in [0.1, 0.15) is 41.1 Å². The first-order chi connectivity index (χ1) is 16.1. The average Bonchev–Trinajstić information content (AvgIpc) is 3.22.